The van der Waals surface area contributed by atoms with Crippen LogP contribution in [0.3, 0.4) is 0 Å². The molecule has 7 N–H and O–H groups in total. The van der Waals surface area contributed by atoms with Crippen molar-refractivity contribution >= 4 is 17.8 Å². The molecular weight excluding hydrogens is 468 g/mol. The monoisotopic (exact) mass is 508 g/mol. The van der Waals surface area contributed by atoms with Gasteiger partial charge in [0.1, 0.15) is 17.8 Å². The lowest BCUT2D eigenvalue weighted by Gasteiger charge is -2.42. The fourth-order valence-electron chi connectivity index (χ4n) is 4.80. The SMILES string of the molecule is CC1(C)CCCN(C(C(=O)N[C@H](CCCN=C(N)N)C(=O)NCc2ccc(O)cc2)c2ccccc2)C1. The number of guanidine groups is 1. The van der Waals surface area contributed by atoms with Crippen molar-refractivity contribution in [1.29, 1.82) is 0 Å². The molecule has 2 amide bonds. The molecule has 2 aromatic carbocycles. The molecule has 9 heteroatoms. The van der Waals surface area contributed by atoms with Crippen LogP contribution >= 0.6 is 0 Å². The molecule has 1 heterocycles. The maximum atomic E-state index is 13.8. The first-order chi connectivity index (χ1) is 17.6. The third-order valence-corrected chi connectivity index (χ3v) is 6.64. The second kappa shape index (κ2) is 13.1. The lowest BCUT2D eigenvalue weighted by molar-refractivity contribution is -0.133. The number of amides is 2. The predicted octanol–water partition coefficient (Wildman–Crippen LogP) is 2.41. The number of aliphatic imine (C=N–C) groups is 1. The molecule has 0 bridgehead atoms. The zero-order valence-corrected chi connectivity index (χ0v) is 21.8. The molecule has 1 saturated heterocycles. The molecular formula is C28H40N6O3. The van der Waals surface area contributed by atoms with E-state index in [1.165, 1.54) is 0 Å². The lowest BCUT2D eigenvalue weighted by atomic mass is 9.83. The molecule has 1 fully saturated rings. The second-order valence-corrected chi connectivity index (χ2v) is 10.4. The van der Waals surface area contributed by atoms with E-state index in [2.05, 4.69) is 34.4 Å². The van der Waals surface area contributed by atoms with Crippen LogP contribution in [0, 0.1) is 5.41 Å². The molecule has 0 spiro atoms. The van der Waals surface area contributed by atoms with Gasteiger partial charge >= 0.3 is 0 Å². The first kappa shape index (κ1) is 28.0. The van der Waals surface area contributed by atoms with Gasteiger partial charge < -0.3 is 27.2 Å². The van der Waals surface area contributed by atoms with Crippen molar-refractivity contribution in [3.8, 4) is 5.75 Å². The van der Waals surface area contributed by atoms with E-state index in [4.69, 9.17) is 11.5 Å². The van der Waals surface area contributed by atoms with Crippen LogP contribution in [-0.4, -0.2) is 53.5 Å². The smallest absolute Gasteiger partial charge is 0.242 e. The summed E-state index contributed by atoms with van der Waals surface area (Å²) < 4.78 is 0. The number of carbonyl (C=O) groups excluding carboxylic acids is 2. The molecule has 0 aliphatic carbocycles. The summed E-state index contributed by atoms with van der Waals surface area (Å²) in [4.78, 5) is 33.2. The standard InChI is InChI=1S/C28H40N6O3/c1-28(2)15-7-17-34(19-28)24(21-8-4-3-5-9-21)26(37)33-23(10-6-16-31-27(29)30)25(36)32-18-20-11-13-22(35)14-12-20/h3-5,8-9,11-14,23-24,35H,6-7,10,15-19H2,1-2H3,(H,32,36)(H,33,37)(H4,29,30,31)/t23-,24?/m1/s1. The van der Waals surface area contributed by atoms with Crippen molar-refractivity contribution in [1.82, 2.24) is 15.5 Å². The van der Waals surface area contributed by atoms with Crippen molar-refractivity contribution < 1.29 is 14.7 Å². The fraction of sp³-hybridized carbons (Fsp3) is 0.464. The number of hydrogen-bond acceptors (Lipinski definition) is 5. The van der Waals surface area contributed by atoms with Crippen LogP contribution in [0.4, 0.5) is 0 Å². The third kappa shape index (κ3) is 8.78. The largest absolute Gasteiger partial charge is 0.508 e. The number of benzene rings is 2. The third-order valence-electron chi connectivity index (χ3n) is 6.64. The molecule has 0 aromatic heterocycles. The maximum absolute atomic E-state index is 13.8. The number of nitrogens with zero attached hydrogens (tertiary/aromatic N) is 2. The number of phenols is 1. The number of rotatable bonds is 11. The van der Waals surface area contributed by atoms with Crippen LogP contribution in [0.5, 0.6) is 5.75 Å². The predicted molar refractivity (Wildman–Crippen MR) is 146 cm³/mol. The van der Waals surface area contributed by atoms with Crippen LogP contribution in [0.1, 0.15) is 56.7 Å². The van der Waals surface area contributed by atoms with E-state index >= 15 is 0 Å². The molecule has 1 aliphatic heterocycles. The average Bonchev–Trinajstić information content (AvgIpc) is 2.85. The van der Waals surface area contributed by atoms with E-state index in [-0.39, 0.29) is 35.5 Å². The van der Waals surface area contributed by atoms with Gasteiger partial charge in [0.2, 0.25) is 11.8 Å². The summed E-state index contributed by atoms with van der Waals surface area (Å²) in [6.07, 6.45) is 3.04. The Morgan fingerprint density at radius 2 is 1.78 bits per heavy atom. The molecule has 9 nitrogen and oxygen atoms in total. The first-order valence-electron chi connectivity index (χ1n) is 12.8. The van der Waals surface area contributed by atoms with Gasteiger partial charge in [0.05, 0.1) is 0 Å². The topological polar surface area (TPSA) is 146 Å². The van der Waals surface area contributed by atoms with Gasteiger partial charge in [-0.15, -0.1) is 0 Å². The van der Waals surface area contributed by atoms with Crippen molar-refractivity contribution in [3.63, 3.8) is 0 Å². The lowest BCUT2D eigenvalue weighted by Crippen LogP contribution is -2.52. The summed E-state index contributed by atoms with van der Waals surface area (Å²) in [7, 11) is 0. The maximum Gasteiger partial charge on any atom is 0.242 e. The zero-order chi connectivity index (χ0) is 26.8. The summed E-state index contributed by atoms with van der Waals surface area (Å²) in [5.41, 5.74) is 12.7. The Morgan fingerprint density at radius 1 is 1.08 bits per heavy atom. The normalized spacial score (nSPS) is 16.8. The summed E-state index contributed by atoms with van der Waals surface area (Å²) in [6, 6.07) is 15.1. The molecule has 37 heavy (non-hydrogen) atoms. The van der Waals surface area contributed by atoms with Crippen molar-refractivity contribution in [2.45, 2.75) is 58.2 Å². The Morgan fingerprint density at radius 3 is 2.43 bits per heavy atom. The van der Waals surface area contributed by atoms with E-state index < -0.39 is 12.1 Å². The van der Waals surface area contributed by atoms with Crippen LogP contribution in [0.15, 0.2) is 59.6 Å². The van der Waals surface area contributed by atoms with Crippen molar-refractivity contribution in [3.05, 3.63) is 65.7 Å². The number of carbonyl (C=O) groups is 2. The number of hydrogen-bond donors (Lipinski definition) is 5. The summed E-state index contributed by atoms with van der Waals surface area (Å²) >= 11 is 0. The number of piperidine rings is 1. The van der Waals surface area contributed by atoms with E-state index in [1.54, 1.807) is 24.3 Å². The highest BCUT2D eigenvalue weighted by atomic mass is 16.3. The highest BCUT2D eigenvalue weighted by Gasteiger charge is 2.36. The Labute approximate surface area is 219 Å². The van der Waals surface area contributed by atoms with Gasteiger partial charge in [-0.3, -0.25) is 19.5 Å². The van der Waals surface area contributed by atoms with Crippen LogP contribution < -0.4 is 22.1 Å². The summed E-state index contributed by atoms with van der Waals surface area (Å²) in [5, 5.41) is 15.4. The summed E-state index contributed by atoms with van der Waals surface area (Å²) in [6.45, 7) is 6.70. The molecule has 3 rings (SSSR count). The van der Waals surface area contributed by atoms with Gasteiger partial charge in [-0.2, -0.15) is 0 Å². The summed E-state index contributed by atoms with van der Waals surface area (Å²) in [5.74, 6) is -0.325. The highest BCUT2D eigenvalue weighted by molar-refractivity contribution is 5.90. The molecule has 2 aromatic rings. The first-order valence-corrected chi connectivity index (χ1v) is 12.8. The Kier molecular flexibility index (Phi) is 9.91. The van der Waals surface area contributed by atoms with Crippen LogP contribution in [0.2, 0.25) is 0 Å². The number of nitrogens with two attached hydrogens (primary N) is 2. The Bertz CT molecular complexity index is 1050. The number of nitrogens with one attached hydrogen (secondary N) is 2. The second-order valence-electron chi connectivity index (χ2n) is 10.4. The minimum absolute atomic E-state index is 0.00535. The van der Waals surface area contributed by atoms with Gasteiger partial charge in [-0.05, 0) is 60.9 Å². The number of likely N-dealkylation sites (tertiary alicyclic amines) is 1. The quantitative estimate of drug-likeness (QED) is 0.179. The number of aromatic hydroxyl groups is 1. The van der Waals surface area contributed by atoms with Crippen LogP contribution in [-0.2, 0) is 16.1 Å². The van der Waals surface area contributed by atoms with E-state index in [1.807, 2.05) is 30.3 Å². The molecule has 2 atom stereocenters. The molecule has 0 radical (unpaired) electrons. The van der Waals surface area contributed by atoms with Gasteiger partial charge in [-0.1, -0.05) is 56.3 Å². The van der Waals surface area contributed by atoms with E-state index in [0.29, 0.717) is 19.4 Å². The van der Waals surface area contributed by atoms with E-state index in [9.17, 15) is 14.7 Å². The molecule has 1 aliphatic rings. The van der Waals surface area contributed by atoms with E-state index in [0.717, 1.165) is 37.1 Å². The van der Waals surface area contributed by atoms with Gasteiger partial charge in [0.25, 0.3) is 0 Å². The minimum Gasteiger partial charge on any atom is -0.508 e. The van der Waals surface area contributed by atoms with Gasteiger partial charge in [0.15, 0.2) is 5.96 Å². The number of phenolic OH excluding ortho intramolecular Hbond substituents is 1. The van der Waals surface area contributed by atoms with Gasteiger partial charge in [0, 0.05) is 19.6 Å². The zero-order valence-electron chi connectivity index (χ0n) is 21.8. The average molecular weight is 509 g/mol. The highest BCUT2D eigenvalue weighted by Crippen LogP contribution is 2.34. The fourth-order valence-corrected chi connectivity index (χ4v) is 4.80. The van der Waals surface area contributed by atoms with Gasteiger partial charge in [-0.25, -0.2) is 0 Å². The minimum atomic E-state index is -0.747. The Hall–Kier alpha value is -3.59. The molecule has 0 saturated carbocycles. The van der Waals surface area contributed by atoms with Crippen LogP contribution in [0.25, 0.3) is 0 Å². The van der Waals surface area contributed by atoms with Crippen molar-refractivity contribution in [2.75, 3.05) is 19.6 Å². The Balaban J connectivity index is 1.76. The molecule has 1 unspecified atom stereocenters. The van der Waals surface area contributed by atoms with Crippen molar-refractivity contribution in [2.24, 2.45) is 21.9 Å². The molecule has 200 valence electrons.